The molecular weight excluding hydrogens is 202 g/mol. The molecule has 0 aromatic carbocycles. The molecule has 0 spiro atoms. The molecule has 1 saturated heterocycles. The first-order valence-electron chi connectivity index (χ1n) is 6.11. The zero-order chi connectivity index (χ0) is 11.4. The molecule has 0 atom stereocenters. The van der Waals surface area contributed by atoms with E-state index in [2.05, 4.69) is 32.3 Å². The van der Waals surface area contributed by atoms with Crippen molar-refractivity contribution in [3.8, 4) is 0 Å². The number of hydrogen-bond donors (Lipinski definition) is 2. The standard InChI is InChI=1S/C11H21N5/c1-3-16-6-4-10(5-7-16)12-8-11-13-9(2)14-15-11/h10,12H,3-8H2,1-2H3,(H,13,14,15). The maximum atomic E-state index is 4.29. The van der Waals surface area contributed by atoms with Gasteiger partial charge in [0.25, 0.3) is 0 Å². The predicted octanol–water partition coefficient (Wildman–Crippen LogP) is 0.687. The molecule has 1 aliphatic heterocycles. The van der Waals surface area contributed by atoms with Gasteiger partial charge in [0, 0.05) is 6.04 Å². The molecule has 5 nitrogen and oxygen atoms in total. The van der Waals surface area contributed by atoms with Crippen molar-refractivity contribution in [1.29, 1.82) is 0 Å². The van der Waals surface area contributed by atoms with E-state index >= 15 is 0 Å². The highest BCUT2D eigenvalue weighted by Crippen LogP contribution is 2.09. The minimum atomic E-state index is 0.626. The summed E-state index contributed by atoms with van der Waals surface area (Å²) >= 11 is 0. The minimum Gasteiger partial charge on any atom is -0.307 e. The number of likely N-dealkylation sites (tertiary alicyclic amines) is 1. The van der Waals surface area contributed by atoms with Crippen molar-refractivity contribution in [2.24, 2.45) is 0 Å². The molecule has 2 heterocycles. The zero-order valence-electron chi connectivity index (χ0n) is 10.2. The van der Waals surface area contributed by atoms with Crippen molar-refractivity contribution >= 4 is 0 Å². The Hall–Kier alpha value is -0.940. The number of nitrogens with zero attached hydrogens (tertiary/aromatic N) is 3. The average molecular weight is 223 g/mol. The van der Waals surface area contributed by atoms with Gasteiger partial charge in [-0.1, -0.05) is 6.92 Å². The van der Waals surface area contributed by atoms with Crippen LogP contribution in [0.25, 0.3) is 0 Å². The Morgan fingerprint density at radius 3 is 2.75 bits per heavy atom. The summed E-state index contributed by atoms with van der Waals surface area (Å²) < 4.78 is 0. The van der Waals surface area contributed by atoms with E-state index in [1.54, 1.807) is 0 Å². The van der Waals surface area contributed by atoms with E-state index in [1.165, 1.54) is 32.5 Å². The molecule has 0 aliphatic carbocycles. The number of hydrogen-bond acceptors (Lipinski definition) is 4. The van der Waals surface area contributed by atoms with Gasteiger partial charge in [-0.05, 0) is 39.4 Å². The Morgan fingerprint density at radius 1 is 1.44 bits per heavy atom. The van der Waals surface area contributed by atoms with Crippen molar-refractivity contribution in [3.05, 3.63) is 11.6 Å². The minimum absolute atomic E-state index is 0.626. The molecule has 0 unspecified atom stereocenters. The van der Waals surface area contributed by atoms with Crippen LogP contribution in [0.4, 0.5) is 0 Å². The maximum absolute atomic E-state index is 4.29. The maximum Gasteiger partial charge on any atom is 0.164 e. The van der Waals surface area contributed by atoms with Crippen molar-refractivity contribution in [2.45, 2.75) is 39.3 Å². The van der Waals surface area contributed by atoms with Gasteiger partial charge in [0.1, 0.15) is 5.82 Å². The van der Waals surface area contributed by atoms with Crippen molar-refractivity contribution in [2.75, 3.05) is 19.6 Å². The summed E-state index contributed by atoms with van der Waals surface area (Å²) in [5.74, 6) is 1.76. The smallest absolute Gasteiger partial charge is 0.164 e. The number of nitrogens with one attached hydrogen (secondary N) is 2. The number of aryl methyl sites for hydroxylation is 1. The van der Waals surface area contributed by atoms with Gasteiger partial charge in [0.05, 0.1) is 6.54 Å². The van der Waals surface area contributed by atoms with Crippen LogP contribution in [0.5, 0.6) is 0 Å². The Morgan fingerprint density at radius 2 is 2.19 bits per heavy atom. The van der Waals surface area contributed by atoms with Crippen LogP contribution in [-0.4, -0.2) is 45.8 Å². The van der Waals surface area contributed by atoms with Gasteiger partial charge < -0.3 is 10.2 Å². The second-order valence-corrected chi connectivity index (χ2v) is 4.43. The van der Waals surface area contributed by atoms with Crippen LogP contribution in [0.15, 0.2) is 0 Å². The molecule has 2 rings (SSSR count). The van der Waals surface area contributed by atoms with Crippen molar-refractivity contribution in [1.82, 2.24) is 25.4 Å². The highest BCUT2D eigenvalue weighted by atomic mass is 15.2. The number of aromatic nitrogens is 3. The first-order chi connectivity index (χ1) is 7.78. The van der Waals surface area contributed by atoms with Crippen molar-refractivity contribution < 1.29 is 0 Å². The molecule has 90 valence electrons. The highest BCUT2D eigenvalue weighted by Gasteiger charge is 2.17. The summed E-state index contributed by atoms with van der Waals surface area (Å²) in [6.45, 7) is 8.52. The molecule has 0 radical (unpaired) electrons. The largest absolute Gasteiger partial charge is 0.307 e. The number of piperidine rings is 1. The van der Waals surface area contributed by atoms with Crippen LogP contribution in [-0.2, 0) is 6.54 Å². The summed E-state index contributed by atoms with van der Waals surface area (Å²) in [5, 5.41) is 10.5. The predicted molar refractivity (Wildman–Crippen MR) is 63.1 cm³/mol. The van der Waals surface area contributed by atoms with E-state index in [9.17, 15) is 0 Å². The quantitative estimate of drug-likeness (QED) is 0.788. The number of H-pyrrole nitrogens is 1. The van der Waals surface area contributed by atoms with Gasteiger partial charge in [-0.25, -0.2) is 4.98 Å². The molecule has 5 heteroatoms. The van der Waals surface area contributed by atoms with Crippen LogP contribution in [0.3, 0.4) is 0 Å². The molecule has 2 N–H and O–H groups in total. The van der Waals surface area contributed by atoms with Crippen LogP contribution >= 0.6 is 0 Å². The molecular formula is C11H21N5. The molecule has 0 bridgehead atoms. The van der Waals surface area contributed by atoms with Crippen LogP contribution in [0, 0.1) is 6.92 Å². The van der Waals surface area contributed by atoms with E-state index in [1.807, 2.05) is 6.92 Å². The topological polar surface area (TPSA) is 56.8 Å². The monoisotopic (exact) mass is 223 g/mol. The summed E-state index contributed by atoms with van der Waals surface area (Å²) in [6.07, 6.45) is 2.47. The highest BCUT2D eigenvalue weighted by molar-refractivity contribution is 4.88. The summed E-state index contributed by atoms with van der Waals surface area (Å²) in [5.41, 5.74) is 0. The molecule has 0 saturated carbocycles. The SMILES string of the molecule is CCN1CCC(NCc2n[nH]c(C)n2)CC1. The van der Waals surface area contributed by atoms with E-state index in [4.69, 9.17) is 0 Å². The molecule has 1 aromatic heterocycles. The lowest BCUT2D eigenvalue weighted by Gasteiger charge is -2.31. The molecule has 16 heavy (non-hydrogen) atoms. The number of aromatic amines is 1. The van der Waals surface area contributed by atoms with Gasteiger partial charge in [-0.3, -0.25) is 5.10 Å². The summed E-state index contributed by atoms with van der Waals surface area (Å²) in [4.78, 5) is 6.78. The Balaban J connectivity index is 1.71. The molecule has 1 fully saturated rings. The lowest BCUT2D eigenvalue weighted by molar-refractivity contribution is 0.205. The summed E-state index contributed by atoms with van der Waals surface area (Å²) in [7, 11) is 0. The van der Waals surface area contributed by atoms with E-state index in [0.29, 0.717) is 6.04 Å². The Kier molecular flexibility index (Phi) is 3.90. The normalized spacial score (nSPS) is 19.1. The van der Waals surface area contributed by atoms with Gasteiger partial charge in [-0.15, -0.1) is 0 Å². The van der Waals surface area contributed by atoms with Gasteiger partial charge in [-0.2, -0.15) is 5.10 Å². The molecule has 1 aromatic rings. The summed E-state index contributed by atoms with van der Waals surface area (Å²) in [6, 6.07) is 0.626. The van der Waals surface area contributed by atoms with Crippen LogP contribution in [0.1, 0.15) is 31.4 Å². The van der Waals surface area contributed by atoms with E-state index in [0.717, 1.165) is 18.2 Å². The fourth-order valence-corrected chi connectivity index (χ4v) is 2.16. The van der Waals surface area contributed by atoms with Crippen LogP contribution in [0.2, 0.25) is 0 Å². The lowest BCUT2D eigenvalue weighted by Crippen LogP contribution is -2.42. The van der Waals surface area contributed by atoms with Crippen molar-refractivity contribution in [3.63, 3.8) is 0 Å². The second kappa shape index (κ2) is 5.41. The molecule has 0 amide bonds. The van der Waals surface area contributed by atoms with E-state index < -0.39 is 0 Å². The van der Waals surface area contributed by atoms with Crippen LogP contribution < -0.4 is 5.32 Å². The fraction of sp³-hybridized carbons (Fsp3) is 0.818. The first-order valence-corrected chi connectivity index (χ1v) is 6.11. The Bertz CT molecular complexity index is 314. The zero-order valence-corrected chi connectivity index (χ0v) is 10.2. The third kappa shape index (κ3) is 3.02. The van der Waals surface area contributed by atoms with Gasteiger partial charge >= 0.3 is 0 Å². The van der Waals surface area contributed by atoms with Gasteiger partial charge in [0.2, 0.25) is 0 Å². The lowest BCUT2D eigenvalue weighted by atomic mass is 10.1. The average Bonchev–Trinajstić information content (AvgIpc) is 2.73. The second-order valence-electron chi connectivity index (χ2n) is 4.43. The third-order valence-corrected chi connectivity index (χ3v) is 3.23. The number of rotatable bonds is 4. The third-order valence-electron chi connectivity index (χ3n) is 3.23. The Labute approximate surface area is 96.6 Å². The first kappa shape index (κ1) is 11.5. The van der Waals surface area contributed by atoms with Gasteiger partial charge in [0.15, 0.2) is 5.82 Å². The fourth-order valence-electron chi connectivity index (χ4n) is 2.16. The molecule has 1 aliphatic rings. The van der Waals surface area contributed by atoms with E-state index in [-0.39, 0.29) is 0 Å².